The minimum atomic E-state index is -0.882. The predicted molar refractivity (Wildman–Crippen MR) is 70.3 cm³/mol. The van der Waals surface area contributed by atoms with Gasteiger partial charge in [-0.2, -0.15) is 0 Å². The molecule has 1 fully saturated rings. The number of hydrogen-bond donors (Lipinski definition) is 1. The fraction of sp³-hybridized carbons (Fsp3) is 0.462. The maximum absolute atomic E-state index is 11.5. The Bertz CT molecular complexity index is 454. The van der Waals surface area contributed by atoms with Crippen LogP contribution in [0, 0.1) is 5.41 Å². The summed E-state index contributed by atoms with van der Waals surface area (Å²) < 4.78 is 5.33. The number of carbonyl (C=O) groups is 1. The Morgan fingerprint density at radius 3 is 2.83 bits per heavy atom. The van der Waals surface area contributed by atoms with Gasteiger partial charge in [0, 0.05) is 16.7 Å². The van der Waals surface area contributed by atoms with Gasteiger partial charge < -0.3 is 9.84 Å². The van der Waals surface area contributed by atoms with Crippen molar-refractivity contribution in [3.8, 4) is 0 Å². The molecule has 3 nitrogen and oxygen atoms in total. The van der Waals surface area contributed by atoms with Crippen LogP contribution in [0.3, 0.4) is 0 Å². The smallest absolute Gasteiger partial charge is 0.312 e. The Balaban J connectivity index is 2.28. The Hall–Kier alpha value is -0.770. The lowest BCUT2D eigenvalue weighted by Crippen LogP contribution is -2.41. The number of benzene rings is 1. The second-order valence-corrected chi connectivity index (χ2v) is 5.50. The Morgan fingerprint density at radius 2 is 2.22 bits per heavy atom. The molecule has 0 aromatic heterocycles. The summed E-state index contributed by atoms with van der Waals surface area (Å²) in [6.45, 7) is 0.851. The van der Waals surface area contributed by atoms with E-state index in [4.69, 9.17) is 27.9 Å². The van der Waals surface area contributed by atoms with Gasteiger partial charge in [-0.15, -0.1) is 0 Å². The third-order valence-corrected chi connectivity index (χ3v) is 3.92. The van der Waals surface area contributed by atoms with Gasteiger partial charge in [0.25, 0.3) is 0 Å². The fourth-order valence-corrected chi connectivity index (χ4v) is 2.66. The lowest BCUT2D eigenvalue weighted by molar-refractivity contribution is -0.157. The summed E-state index contributed by atoms with van der Waals surface area (Å²) in [6, 6.07) is 5.11. The molecule has 0 amide bonds. The minimum Gasteiger partial charge on any atom is -0.481 e. The SMILES string of the molecule is O=C(O)C1(Cc2cc(Cl)ccc2Cl)CCCOC1. The molecule has 0 saturated carbocycles. The first-order valence-corrected chi connectivity index (χ1v) is 6.54. The zero-order valence-corrected chi connectivity index (χ0v) is 11.3. The lowest BCUT2D eigenvalue weighted by Gasteiger charge is -2.33. The van der Waals surface area contributed by atoms with Gasteiger partial charge in [0.05, 0.1) is 12.0 Å². The van der Waals surface area contributed by atoms with Gasteiger partial charge in [-0.05, 0) is 43.0 Å². The van der Waals surface area contributed by atoms with E-state index in [1.165, 1.54) is 0 Å². The molecule has 1 aromatic rings. The van der Waals surface area contributed by atoms with Gasteiger partial charge in [-0.3, -0.25) is 4.79 Å². The molecule has 5 heteroatoms. The van der Waals surface area contributed by atoms with Crippen molar-refractivity contribution in [1.29, 1.82) is 0 Å². The summed E-state index contributed by atoms with van der Waals surface area (Å²) >= 11 is 12.0. The van der Waals surface area contributed by atoms with Crippen molar-refractivity contribution in [2.45, 2.75) is 19.3 Å². The van der Waals surface area contributed by atoms with Crippen LogP contribution in [-0.2, 0) is 16.0 Å². The van der Waals surface area contributed by atoms with Gasteiger partial charge >= 0.3 is 5.97 Å². The summed E-state index contributed by atoms with van der Waals surface area (Å²) in [6.07, 6.45) is 1.71. The van der Waals surface area contributed by atoms with Crippen LogP contribution < -0.4 is 0 Å². The van der Waals surface area contributed by atoms with Gasteiger partial charge in [0.15, 0.2) is 0 Å². The van der Waals surface area contributed by atoms with Crippen LogP contribution >= 0.6 is 23.2 Å². The third kappa shape index (κ3) is 2.79. The number of aliphatic carboxylic acids is 1. The van der Waals surface area contributed by atoms with E-state index < -0.39 is 11.4 Å². The molecule has 0 aliphatic carbocycles. The van der Waals surface area contributed by atoms with Crippen molar-refractivity contribution in [1.82, 2.24) is 0 Å². The van der Waals surface area contributed by atoms with Crippen LogP contribution in [-0.4, -0.2) is 24.3 Å². The van der Waals surface area contributed by atoms with Crippen molar-refractivity contribution in [3.05, 3.63) is 33.8 Å². The van der Waals surface area contributed by atoms with Crippen LogP contribution in [0.25, 0.3) is 0 Å². The summed E-state index contributed by atoms with van der Waals surface area (Å²) in [7, 11) is 0. The molecule has 1 aromatic carbocycles. The molecule has 1 N–H and O–H groups in total. The highest BCUT2D eigenvalue weighted by atomic mass is 35.5. The Labute approximate surface area is 116 Å². The second kappa shape index (κ2) is 5.47. The van der Waals surface area contributed by atoms with E-state index in [0.717, 1.165) is 12.0 Å². The molecular weight excluding hydrogens is 275 g/mol. The standard InChI is InChI=1S/C13H14Cl2O3/c14-10-2-3-11(15)9(6-10)7-13(12(16)17)4-1-5-18-8-13/h2-3,6H,1,4-5,7-8H2,(H,16,17). The first-order chi connectivity index (χ1) is 8.53. The summed E-state index contributed by atoms with van der Waals surface area (Å²) in [5.41, 5.74) is -0.121. The van der Waals surface area contributed by atoms with Gasteiger partial charge in [-0.25, -0.2) is 0 Å². The first-order valence-electron chi connectivity index (χ1n) is 5.79. The summed E-state index contributed by atoms with van der Waals surface area (Å²) in [4.78, 5) is 11.5. The average molecular weight is 289 g/mol. The van der Waals surface area contributed by atoms with Crippen LogP contribution in [0.1, 0.15) is 18.4 Å². The molecule has 0 bridgehead atoms. The number of carboxylic acids is 1. The number of ether oxygens (including phenoxy) is 1. The summed E-state index contributed by atoms with van der Waals surface area (Å²) in [5, 5.41) is 10.6. The van der Waals surface area contributed by atoms with Crippen molar-refractivity contribution < 1.29 is 14.6 Å². The molecule has 2 rings (SSSR count). The molecule has 1 unspecified atom stereocenters. The van der Waals surface area contributed by atoms with Crippen LogP contribution in [0.2, 0.25) is 10.0 Å². The quantitative estimate of drug-likeness (QED) is 0.927. The average Bonchev–Trinajstić information content (AvgIpc) is 2.35. The number of rotatable bonds is 3. The highest BCUT2D eigenvalue weighted by Gasteiger charge is 2.41. The predicted octanol–water partition coefficient (Wildman–Crippen LogP) is 3.42. The minimum absolute atomic E-state index is 0.227. The topological polar surface area (TPSA) is 46.5 Å². The maximum atomic E-state index is 11.5. The molecule has 1 aliphatic heterocycles. The van der Waals surface area contributed by atoms with Gasteiger partial charge in [-0.1, -0.05) is 23.2 Å². The third-order valence-electron chi connectivity index (χ3n) is 3.31. The van der Waals surface area contributed by atoms with E-state index in [0.29, 0.717) is 29.5 Å². The Morgan fingerprint density at radius 1 is 1.44 bits per heavy atom. The molecule has 0 radical (unpaired) electrons. The van der Waals surface area contributed by atoms with Crippen LogP contribution in [0.15, 0.2) is 18.2 Å². The Kier molecular flexibility index (Phi) is 4.15. The van der Waals surface area contributed by atoms with E-state index >= 15 is 0 Å². The first kappa shape index (κ1) is 13.7. The van der Waals surface area contributed by atoms with E-state index in [1.54, 1.807) is 18.2 Å². The zero-order chi connectivity index (χ0) is 13.2. The molecule has 1 atom stereocenters. The molecule has 98 valence electrons. The molecule has 18 heavy (non-hydrogen) atoms. The zero-order valence-electron chi connectivity index (χ0n) is 9.79. The molecular formula is C13H14Cl2O3. The molecule has 1 heterocycles. The maximum Gasteiger partial charge on any atom is 0.312 e. The van der Waals surface area contributed by atoms with E-state index in [-0.39, 0.29) is 6.61 Å². The van der Waals surface area contributed by atoms with E-state index in [1.807, 2.05) is 0 Å². The van der Waals surface area contributed by atoms with Crippen LogP contribution in [0.5, 0.6) is 0 Å². The van der Waals surface area contributed by atoms with E-state index in [2.05, 4.69) is 0 Å². The highest BCUT2D eigenvalue weighted by Crippen LogP contribution is 2.35. The fourth-order valence-electron chi connectivity index (χ4n) is 2.28. The second-order valence-electron chi connectivity index (χ2n) is 4.65. The van der Waals surface area contributed by atoms with Gasteiger partial charge in [0.1, 0.15) is 0 Å². The number of carboxylic acid groups (broad SMARTS) is 1. The van der Waals surface area contributed by atoms with Crippen molar-refractivity contribution in [2.75, 3.05) is 13.2 Å². The molecule has 0 spiro atoms. The monoisotopic (exact) mass is 288 g/mol. The summed E-state index contributed by atoms with van der Waals surface area (Å²) in [5.74, 6) is -0.835. The number of hydrogen-bond acceptors (Lipinski definition) is 2. The molecule has 1 saturated heterocycles. The van der Waals surface area contributed by atoms with Crippen molar-refractivity contribution in [2.24, 2.45) is 5.41 Å². The normalized spacial score (nSPS) is 23.9. The molecule has 1 aliphatic rings. The van der Waals surface area contributed by atoms with Crippen molar-refractivity contribution >= 4 is 29.2 Å². The highest BCUT2D eigenvalue weighted by molar-refractivity contribution is 6.33. The lowest BCUT2D eigenvalue weighted by atomic mass is 9.77. The van der Waals surface area contributed by atoms with Gasteiger partial charge in [0.2, 0.25) is 0 Å². The van der Waals surface area contributed by atoms with Crippen molar-refractivity contribution in [3.63, 3.8) is 0 Å². The van der Waals surface area contributed by atoms with Crippen LogP contribution in [0.4, 0.5) is 0 Å². The van der Waals surface area contributed by atoms with E-state index in [9.17, 15) is 9.90 Å². The largest absolute Gasteiger partial charge is 0.481 e. The number of halogens is 2.